The van der Waals surface area contributed by atoms with Crippen molar-refractivity contribution in [2.75, 3.05) is 19.6 Å². The van der Waals surface area contributed by atoms with Crippen molar-refractivity contribution in [1.82, 2.24) is 19.7 Å². The average molecular weight is 389 g/mol. The Morgan fingerprint density at radius 3 is 3.07 bits per heavy atom. The summed E-state index contributed by atoms with van der Waals surface area (Å²) in [5.74, 6) is 1.10. The zero-order valence-corrected chi connectivity index (χ0v) is 16.3. The van der Waals surface area contributed by atoms with Gasteiger partial charge in [-0.05, 0) is 49.7 Å². The van der Waals surface area contributed by atoms with Crippen molar-refractivity contribution in [2.45, 2.75) is 25.8 Å². The Labute approximate surface area is 168 Å². The van der Waals surface area contributed by atoms with Crippen LogP contribution in [0.15, 0.2) is 47.0 Å². The number of aromatic nitrogens is 3. The average Bonchev–Trinajstić information content (AvgIpc) is 3.43. The number of fused-ring (bicyclic) bond motifs is 2. The topological polar surface area (TPSA) is 90.2 Å². The molecule has 1 aliphatic rings. The molecule has 1 aromatic carbocycles. The molecule has 1 unspecified atom stereocenters. The molecule has 0 aliphatic carbocycles. The Bertz CT molecular complexity index is 1210. The Hall–Kier alpha value is -3.19. The summed E-state index contributed by atoms with van der Waals surface area (Å²) >= 11 is 0. The first kappa shape index (κ1) is 17.9. The number of furan rings is 1. The van der Waals surface area contributed by atoms with Crippen LogP contribution in [0.25, 0.3) is 22.0 Å². The third-order valence-corrected chi connectivity index (χ3v) is 5.63. The molecule has 3 aromatic heterocycles. The Balaban J connectivity index is 1.41. The summed E-state index contributed by atoms with van der Waals surface area (Å²) in [4.78, 5) is 19.5. The fourth-order valence-electron chi connectivity index (χ4n) is 4.27. The maximum absolute atomic E-state index is 13.1. The van der Waals surface area contributed by atoms with Gasteiger partial charge in [-0.2, -0.15) is 5.10 Å². The lowest BCUT2D eigenvalue weighted by molar-refractivity contribution is 0.0791. The summed E-state index contributed by atoms with van der Waals surface area (Å²) in [5, 5.41) is 6.81. The van der Waals surface area contributed by atoms with Crippen LogP contribution in [0, 0.1) is 6.92 Å². The fraction of sp³-hybridized carbons (Fsp3) is 0.318. The first-order chi connectivity index (χ1) is 14.1. The summed E-state index contributed by atoms with van der Waals surface area (Å²) < 4.78 is 7.50. The first-order valence-corrected chi connectivity index (χ1v) is 9.95. The molecule has 29 heavy (non-hydrogen) atoms. The molecule has 5 rings (SSSR count). The minimum atomic E-state index is 0.0528. The highest BCUT2D eigenvalue weighted by molar-refractivity contribution is 5.98. The van der Waals surface area contributed by atoms with E-state index in [0.717, 1.165) is 46.4 Å². The van der Waals surface area contributed by atoms with E-state index in [-0.39, 0.29) is 11.8 Å². The van der Waals surface area contributed by atoms with Gasteiger partial charge in [0.25, 0.3) is 5.91 Å². The quantitative estimate of drug-likeness (QED) is 0.579. The van der Waals surface area contributed by atoms with Crippen LogP contribution in [0.3, 0.4) is 0 Å². The second-order valence-corrected chi connectivity index (χ2v) is 7.62. The van der Waals surface area contributed by atoms with E-state index in [2.05, 4.69) is 11.1 Å². The molecule has 0 radical (unpaired) electrons. The lowest BCUT2D eigenvalue weighted by Crippen LogP contribution is -2.28. The van der Waals surface area contributed by atoms with Gasteiger partial charge < -0.3 is 15.1 Å². The smallest absolute Gasteiger partial charge is 0.253 e. The second kappa shape index (κ2) is 7.00. The fourth-order valence-corrected chi connectivity index (χ4v) is 4.27. The van der Waals surface area contributed by atoms with E-state index >= 15 is 0 Å². The minimum absolute atomic E-state index is 0.0528. The van der Waals surface area contributed by atoms with Crippen molar-refractivity contribution >= 4 is 27.9 Å². The van der Waals surface area contributed by atoms with E-state index in [1.807, 2.05) is 46.8 Å². The molecule has 1 saturated heterocycles. The molecule has 4 aromatic rings. The first-order valence-electron chi connectivity index (χ1n) is 9.95. The maximum atomic E-state index is 13.1. The number of hydrogen-bond donors (Lipinski definition) is 1. The minimum Gasteiger partial charge on any atom is -0.461 e. The highest BCUT2D eigenvalue weighted by Gasteiger charge is 2.31. The number of hydrogen-bond acceptors (Lipinski definition) is 5. The van der Waals surface area contributed by atoms with Crippen LogP contribution in [-0.4, -0.2) is 45.2 Å². The van der Waals surface area contributed by atoms with Crippen LogP contribution < -0.4 is 5.73 Å². The van der Waals surface area contributed by atoms with E-state index < -0.39 is 0 Å². The molecule has 7 nitrogen and oxygen atoms in total. The molecule has 0 saturated carbocycles. The van der Waals surface area contributed by atoms with E-state index in [0.29, 0.717) is 25.2 Å². The van der Waals surface area contributed by atoms with Gasteiger partial charge in [-0.1, -0.05) is 0 Å². The Morgan fingerprint density at radius 2 is 2.21 bits per heavy atom. The molecule has 2 N–H and O–H groups in total. The predicted octanol–water partition coefficient (Wildman–Crippen LogP) is 3.07. The van der Waals surface area contributed by atoms with Crippen molar-refractivity contribution in [3.05, 3.63) is 59.6 Å². The van der Waals surface area contributed by atoms with Gasteiger partial charge in [0, 0.05) is 48.1 Å². The molecule has 4 heterocycles. The second-order valence-electron chi connectivity index (χ2n) is 7.62. The van der Waals surface area contributed by atoms with E-state index in [1.165, 1.54) is 0 Å². The number of rotatable bonds is 4. The maximum Gasteiger partial charge on any atom is 0.253 e. The van der Waals surface area contributed by atoms with E-state index in [1.54, 1.807) is 6.20 Å². The summed E-state index contributed by atoms with van der Waals surface area (Å²) in [6, 6.07) is 11.6. The highest BCUT2D eigenvalue weighted by Crippen LogP contribution is 2.32. The monoisotopic (exact) mass is 389 g/mol. The van der Waals surface area contributed by atoms with Crippen molar-refractivity contribution < 1.29 is 9.21 Å². The zero-order chi connectivity index (χ0) is 20.0. The molecule has 0 bridgehead atoms. The van der Waals surface area contributed by atoms with Gasteiger partial charge >= 0.3 is 0 Å². The summed E-state index contributed by atoms with van der Waals surface area (Å²) in [7, 11) is 0. The van der Waals surface area contributed by atoms with Gasteiger partial charge in [0.05, 0.1) is 12.2 Å². The van der Waals surface area contributed by atoms with E-state index in [9.17, 15) is 4.79 Å². The largest absolute Gasteiger partial charge is 0.461 e. The highest BCUT2D eigenvalue weighted by atomic mass is 16.3. The van der Waals surface area contributed by atoms with Crippen LogP contribution >= 0.6 is 0 Å². The molecular formula is C22H23N5O2. The third-order valence-electron chi connectivity index (χ3n) is 5.63. The lowest BCUT2D eigenvalue weighted by Gasteiger charge is -2.16. The molecule has 0 spiro atoms. The van der Waals surface area contributed by atoms with Crippen LogP contribution in [0.1, 0.15) is 34.2 Å². The van der Waals surface area contributed by atoms with Crippen molar-refractivity contribution in [3.63, 3.8) is 0 Å². The number of carbonyl (C=O) groups is 1. The zero-order valence-electron chi connectivity index (χ0n) is 16.3. The Morgan fingerprint density at radius 1 is 1.31 bits per heavy atom. The summed E-state index contributed by atoms with van der Waals surface area (Å²) in [5.41, 5.74) is 9.11. The lowest BCUT2D eigenvalue weighted by atomic mass is 10.0. The van der Waals surface area contributed by atoms with Crippen molar-refractivity contribution in [1.29, 1.82) is 0 Å². The van der Waals surface area contributed by atoms with Gasteiger partial charge in [0.1, 0.15) is 11.3 Å². The van der Waals surface area contributed by atoms with Crippen molar-refractivity contribution in [3.8, 4) is 0 Å². The van der Waals surface area contributed by atoms with Crippen LogP contribution in [-0.2, 0) is 6.54 Å². The molecule has 1 atom stereocenters. The standard InChI is InChI=1S/C22H23N5O2/c1-14-11-17-12-15(4-5-19(17)29-14)22(28)26-9-6-16(13-26)20-18-3-2-8-24-21(18)27(25-20)10-7-23/h2-5,8,11-12,16H,6-7,9-10,13,23H2,1H3. The number of nitrogens with zero attached hydrogens (tertiary/aromatic N) is 4. The predicted molar refractivity (Wildman–Crippen MR) is 111 cm³/mol. The number of likely N-dealkylation sites (tertiary alicyclic amines) is 1. The number of pyridine rings is 1. The molecule has 1 fully saturated rings. The number of carbonyl (C=O) groups excluding carboxylic acids is 1. The van der Waals surface area contributed by atoms with Crippen molar-refractivity contribution in [2.24, 2.45) is 5.73 Å². The van der Waals surface area contributed by atoms with Gasteiger partial charge in [0.15, 0.2) is 5.65 Å². The van der Waals surface area contributed by atoms with Gasteiger partial charge in [-0.25, -0.2) is 9.67 Å². The van der Waals surface area contributed by atoms with Gasteiger partial charge in [0.2, 0.25) is 0 Å². The van der Waals surface area contributed by atoms with Crippen LogP contribution in [0.2, 0.25) is 0 Å². The summed E-state index contributed by atoms with van der Waals surface area (Å²) in [6.45, 7) is 4.43. The molecule has 1 amide bonds. The molecule has 1 aliphatic heterocycles. The normalized spacial score (nSPS) is 16.9. The molecule has 148 valence electrons. The van der Waals surface area contributed by atoms with Gasteiger partial charge in [-0.3, -0.25) is 4.79 Å². The van der Waals surface area contributed by atoms with E-state index in [4.69, 9.17) is 15.2 Å². The third kappa shape index (κ3) is 3.07. The molecule has 7 heteroatoms. The SMILES string of the molecule is Cc1cc2cc(C(=O)N3CCC(c4nn(CCN)c5ncccc45)C3)ccc2o1. The number of aryl methyl sites for hydroxylation is 1. The van der Waals surface area contributed by atoms with Crippen LogP contribution in [0.5, 0.6) is 0 Å². The number of amides is 1. The van der Waals surface area contributed by atoms with Crippen LogP contribution in [0.4, 0.5) is 0 Å². The molecular weight excluding hydrogens is 366 g/mol. The number of nitrogens with two attached hydrogens (primary N) is 1. The Kier molecular flexibility index (Phi) is 4.32. The number of benzene rings is 1. The summed E-state index contributed by atoms with van der Waals surface area (Å²) in [6.07, 6.45) is 2.67. The van der Waals surface area contributed by atoms with Gasteiger partial charge in [-0.15, -0.1) is 0 Å².